The Morgan fingerprint density at radius 2 is 1.58 bits per heavy atom. The van der Waals surface area contributed by atoms with E-state index in [2.05, 4.69) is 42.0 Å². The van der Waals surface area contributed by atoms with E-state index in [0.29, 0.717) is 13.3 Å². The van der Waals surface area contributed by atoms with Gasteiger partial charge in [0.2, 0.25) is 0 Å². The molecule has 0 aromatic rings. The predicted molar refractivity (Wildman–Crippen MR) is 91.2 cm³/mol. The van der Waals surface area contributed by atoms with Gasteiger partial charge in [0.1, 0.15) is 0 Å². The number of hydrogen-bond acceptors (Lipinski definition) is 5. The zero-order valence-electron chi connectivity index (χ0n) is 9.34. The van der Waals surface area contributed by atoms with Crippen molar-refractivity contribution in [1.29, 1.82) is 0 Å². The van der Waals surface area contributed by atoms with Gasteiger partial charge in [-0.3, -0.25) is 4.79 Å². The molecular weight excluding hydrogens is 712 g/mol. The van der Waals surface area contributed by atoms with Gasteiger partial charge >= 0.3 is 68.4 Å². The van der Waals surface area contributed by atoms with Crippen LogP contribution in [0.1, 0.15) is 6.92 Å². The van der Waals surface area contributed by atoms with Gasteiger partial charge in [0.25, 0.3) is 0 Å². The van der Waals surface area contributed by atoms with Crippen LogP contribution in [-0.4, -0.2) is 28.8 Å². The van der Waals surface area contributed by atoms with E-state index in [1.807, 2.05) is 0 Å². The first-order valence-corrected chi connectivity index (χ1v) is 16.6. The van der Waals surface area contributed by atoms with Gasteiger partial charge in [-0.15, -0.1) is 24.0 Å². The van der Waals surface area contributed by atoms with Crippen LogP contribution in [0.5, 0.6) is 0 Å². The number of carboxylic acids is 1. The number of cyclic esters (lactones) is 2. The molecule has 10 heteroatoms. The average molecular weight is 721 g/mol. The maximum Gasteiger partial charge on any atom is 0.338 e. The fraction of sp³-hybridized carbons (Fsp3) is 0.111. The number of hydrogen-bond donors (Lipinski definition) is 1. The second kappa shape index (κ2) is 16.7. The molecule has 1 heterocycles. The van der Waals surface area contributed by atoms with Gasteiger partial charge < -0.3 is 9.84 Å². The predicted octanol–water partition coefficient (Wildman–Crippen LogP) is -0.764. The van der Waals surface area contributed by atoms with Crippen molar-refractivity contribution < 1.29 is 42.3 Å². The van der Waals surface area contributed by atoms with Crippen LogP contribution in [0.25, 0.3) is 0 Å². The Hall–Kier alpha value is 0.680. The fourth-order valence-electron chi connectivity index (χ4n) is 0.492. The second-order valence-electron chi connectivity index (χ2n) is 2.41. The smallest absolute Gasteiger partial charge is 0.338 e. The van der Waals surface area contributed by atoms with Crippen molar-refractivity contribution in [2.45, 2.75) is 6.92 Å². The maximum atomic E-state index is 10.00. The van der Waals surface area contributed by atoms with E-state index in [4.69, 9.17) is 5.11 Å². The summed E-state index contributed by atoms with van der Waals surface area (Å²) < 4.78 is 3.97. The number of carbonyl (C=O) groups excluding carboxylic acids is 3. The second-order valence-corrected chi connectivity index (χ2v) is 18.7. The number of ether oxygens (including phenoxy) is 1. The monoisotopic (exact) mass is 721 g/mol. The van der Waals surface area contributed by atoms with Crippen LogP contribution >= 0.6 is 61.2 Å². The topological polar surface area (TPSA) is 97.7 Å². The van der Waals surface area contributed by atoms with E-state index >= 15 is 0 Å². The van der Waals surface area contributed by atoms with Crippen LogP contribution in [0.15, 0.2) is 24.3 Å². The van der Waals surface area contributed by atoms with E-state index in [9.17, 15) is 19.2 Å². The summed E-state index contributed by atoms with van der Waals surface area (Å²) in [6, 6.07) is 0. The van der Waals surface area contributed by atoms with Gasteiger partial charge in [-0.25, -0.2) is 14.4 Å². The van der Waals surface area contributed by atoms with Gasteiger partial charge in [0.05, 0.1) is 0 Å². The summed E-state index contributed by atoms with van der Waals surface area (Å²) in [6.45, 7) is 1.29. The Bertz CT molecular complexity index is 345. The summed E-state index contributed by atoms with van der Waals surface area (Å²) in [5, 5.41) is 7.92. The van der Waals surface area contributed by atoms with Crippen LogP contribution in [0, 0.1) is 0 Å². The van der Waals surface area contributed by atoms with Crippen LogP contribution in [0.2, 0.25) is 0 Å². The standard InChI is InChI=1S/C5H6O3.C4H2O3.I3.HI/c1-4(6)2-3-5(7)8;5-3-1-2-4(6)7-3;1-3-2;/h2-3H,1H3,(H,7,8);1-2H;;1H/q;;-1;/b3-2-;;;. The molecule has 0 aromatic carbocycles. The number of aliphatic carboxylic acids is 1. The van der Waals surface area contributed by atoms with Crippen molar-refractivity contribution in [2.24, 2.45) is 0 Å². The molecule has 1 aliphatic heterocycles. The molecule has 0 saturated carbocycles. The molecule has 0 radical (unpaired) electrons. The Labute approximate surface area is 156 Å². The van der Waals surface area contributed by atoms with Crippen molar-refractivity contribution in [3.8, 4) is 0 Å². The summed E-state index contributed by atoms with van der Waals surface area (Å²) >= 11 is 5.30. The third-order valence-electron chi connectivity index (χ3n) is 1.02. The molecule has 0 spiro atoms. The molecule has 1 rings (SSSR count). The van der Waals surface area contributed by atoms with Gasteiger partial charge in [0, 0.05) is 18.2 Å². The number of halogens is 4. The third kappa shape index (κ3) is 24.1. The molecule has 0 saturated heterocycles. The maximum absolute atomic E-state index is 10.00. The summed E-state index contributed by atoms with van der Waals surface area (Å²) in [7, 11) is 0. The van der Waals surface area contributed by atoms with Crippen molar-refractivity contribution in [2.75, 3.05) is 0 Å². The van der Waals surface area contributed by atoms with Crippen LogP contribution in [-0.2, 0) is 23.9 Å². The zero-order chi connectivity index (χ0) is 14.6. The SMILES string of the molecule is CC(=O)/C=C\C(=O)O.I.I[I-]I.O=C1C=CC(=O)O1. The fourth-order valence-corrected chi connectivity index (χ4v) is 0.492. The average Bonchev–Trinajstić information content (AvgIpc) is 2.61. The molecule has 0 fully saturated rings. The first-order chi connectivity index (χ1) is 8.33. The number of rotatable bonds is 2. The Kier molecular flexibility index (Phi) is 21.7. The van der Waals surface area contributed by atoms with E-state index < -0.39 is 17.9 Å². The first-order valence-electron chi connectivity index (χ1n) is 4.06. The molecule has 0 aromatic heterocycles. The van der Waals surface area contributed by atoms with E-state index in [-0.39, 0.29) is 29.8 Å². The first kappa shape index (κ1) is 24.7. The summed E-state index contributed by atoms with van der Waals surface area (Å²) in [5.74, 6) is -2.51. The van der Waals surface area contributed by atoms with Crippen LogP contribution in [0.4, 0.5) is 0 Å². The van der Waals surface area contributed by atoms with Crippen LogP contribution in [0.3, 0.4) is 0 Å². The molecule has 0 bridgehead atoms. The van der Waals surface area contributed by atoms with E-state index in [0.717, 1.165) is 24.3 Å². The summed E-state index contributed by atoms with van der Waals surface area (Å²) in [4.78, 5) is 39.5. The molecule has 1 aliphatic rings. The molecule has 0 unspecified atom stereocenters. The van der Waals surface area contributed by atoms with E-state index in [1.54, 1.807) is 0 Å². The number of carboxylic acid groups (broad SMARTS) is 1. The van der Waals surface area contributed by atoms with Crippen LogP contribution < -0.4 is 13.3 Å². The van der Waals surface area contributed by atoms with Gasteiger partial charge in [0.15, 0.2) is 5.78 Å². The number of ketones is 1. The largest absolute Gasteiger partial charge is 0.387 e. The molecule has 0 amide bonds. The molecular formula is C9H9I4O6-. The Balaban J connectivity index is -0.000000215. The van der Waals surface area contributed by atoms with Crippen molar-refractivity contribution in [3.05, 3.63) is 24.3 Å². The number of esters is 2. The molecule has 110 valence electrons. The summed E-state index contributed by atoms with van der Waals surface area (Å²) in [6.07, 6.45) is 3.98. The van der Waals surface area contributed by atoms with Crippen molar-refractivity contribution in [1.82, 2.24) is 0 Å². The summed E-state index contributed by atoms with van der Waals surface area (Å²) in [5.41, 5.74) is 0. The normalized spacial score (nSPS) is 11.7. The molecule has 1 N–H and O–H groups in total. The number of carbonyl (C=O) groups is 4. The zero-order valence-corrected chi connectivity index (χ0v) is 18.1. The Morgan fingerprint density at radius 3 is 1.68 bits per heavy atom. The molecule has 0 aliphatic carbocycles. The van der Waals surface area contributed by atoms with Gasteiger partial charge in [-0.1, -0.05) is 0 Å². The quantitative estimate of drug-likeness (QED) is 0.175. The minimum Gasteiger partial charge on any atom is -0.387 e. The molecule has 19 heavy (non-hydrogen) atoms. The van der Waals surface area contributed by atoms with E-state index in [1.165, 1.54) is 6.92 Å². The van der Waals surface area contributed by atoms with Crippen molar-refractivity contribution >= 4 is 84.9 Å². The van der Waals surface area contributed by atoms with Gasteiger partial charge in [-0.05, 0) is 13.0 Å². The van der Waals surface area contributed by atoms with Gasteiger partial charge in [-0.2, -0.15) is 0 Å². The third-order valence-corrected chi connectivity index (χ3v) is 1.02. The minimum absolute atomic E-state index is 0. The molecule has 0 atom stereocenters. The Morgan fingerprint density at radius 1 is 1.21 bits per heavy atom. The minimum atomic E-state index is -1.10. The van der Waals surface area contributed by atoms with Crippen molar-refractivity contribution in [3.63, 3.8) is 0 Å². The molecule has 6 nitrogen and oxygen atoms in total. The number of allylic oxidation sites excluding steroid dienone is 1.